The summed E-state index contributed by atoms with van der Waals surface area (Å²) < 4.78 is 7.03. The lowest BCUT2D eigenvalue weighted by atomic mass is 10.1. The third kappa shape index (κ3) is 4.03. The molecule has 2 aromatic heterocycles. The van der Waals surface area contributed by atoms with Crippen LogP contribution in [0.3, 0.4) is 0 Å². The molecule has 0 bridgehead atoms. The lowest BCUT2D eigenvalue weighted by Gasteiger charge is -2.26. The number of piperidine rings is 1. The Labute approximate surface area is 164 Å². The Hall–Kier alpha value is -3.22. The fourth-order valence-corrected chi connectivity index (χ4v) is 3.37. The molecule has 1 saturated heterocycles. The Morgan fingerprint density at radius 2 is 1.86 bits per heavy atom. The summed E-state index contributed by atoms with van der Waals surface area (Å²) >= 11 is 0. The van der Waals surface area contributed by atoms with Gasteiger partial charge in [-0.25, -0.2) is 4.98 Å². The molecule has 1 aliphatic heterocycles. The standard InChI is InChI=1S/C21H23N5O2/c1-28-18-7-5-16(6-8-18)14-26-15-17(11-23-26)19-12-22-13-20(24-19)21(27)25-9-3-2-4-10-25/h5-8,11-13,15H,2-4,9-10,14H2,1H3. The highest BCUT2D eigenvalue weighted by atomic mass is 16.5. The van der Waals surface area contributed by atoms with Crippen molar-refractivity contribution in [1.82, 2.24) is 24.6 Å². The molecule has 1 aliphatic rings. The van der Waals surface area contributed by atoms with Crippen LogP contribution < -0.4 is 4.74 Å². The second-order valence-electron chi connectivity index (χ2n) is 6.92. The summed E-state index contributed by atoms with van der Waals surface area (Å²) in [5.41, 5.74) is 3.01. The van der Waals surface area contributed by atoms with Gasteiger partial charge in [0.2, 0.25) is 0 Å². The molecule has 3 heterocycles. The normalized spacial score (nSPS) is 14.1. The van der Waals surface area contributed by atoms with Crippen molar-refractivity contribution in [3.05, 3.63) is 60.3 Å². The molecule has 0 aliphatic carbocycles. The number of benzene rings is 1. The predicted octanol–water partition coefficient (Wildman–Crippen LogP) is 3.02. The van der Waals surface area contributed by atoms with E-state index in [1.165, 1.54) is 6.42 Å². The van der Waals surface area contributed by atoms with Crippen LogP contribution in [0.15, 0.2) is 49.1 Å². The second kappa shape index (κ2) is 8.21. The van der Waals surface area contributed by atoms with Crippen molar-refractivity contribution >= 4 is 5.91 Å². The number of rotatable bonds is 5. The van der Waals surface area contributed by atoms with E-state index < -0.39 is 0 Å². The monoisotopic (exact) mass is 377 g/mol. The van der Waals surface area contributed by atoms with Crippen molar-refractivity contribution in [2.24, 2.45) is 0 Å². The highest BCUT2D eigenvalue weighted by Crippen LogP contribution is 2.18. The quantitative estimate of drug-likeness (QED) is 0.683. The van der Waals surface area contributed by atoms with Crippen molar-refractivity contribution in [3.8, 4) is 17.0 Å². The molecule has 0 atom stereocenters. The molecule has 0 spiro atoms. The summed E-state index contributed by atoms with van der Waals surface area (Å²) in [4.78, 5) is 23.3. The summed E-state index contributed by atoms with van der Waals surface area (Å²) in [6.07, 6.45) is 10.2. The van der Waals surface area contributed by atoms with Gasteiger partial charge in [-0.3, -0.25) is 14.5 Å². The smallest absolute Gasteiger partial charge is 0.274 e. The zero-order chi connectivity index (χ0) is 19.3. The van der Waals surface area contributed by atoms with Crippen LogP contribution in [0.4, 0.5) is 0 Å². The molecule has 0 N–H and O–H groups in total. The van der Waals surface area contributed by atoms with Crippen LogP contribution in [0.5, 0.6) is 5.75 Å². The Balaban J connectivity index is 1.49. The van der Waals surface area contributed by atoms with Crippen LogP contribution in [-0.2, 0) is 6.54 Å². The first-order valence-electron chi connectivity index (χ1n) is 9.50. The van der Waals surface area contributed by atoms with Crippen molar-refractivity contribution in [2.75, 3.05) is 20.2 Å². The van der Waals surface area contributed by atoms with Crippen molar-refractivity contribution in [3.63, 3.8) is 0 Å². The minimum Gasteiger partial charge on any atom is -0.497 e. The van der Waals surface area contributed by atoms with Gasteiger partial charge >= 0.3 is 0 Å². The molecule has 144 valence electrons. The Kier molecular flexibility index (Phi) is 5.32. The number of carbonyl (C=O) groups is 1. The van der Waals surface area contributed by atoms with E-state index in [9.17, 15) is 4.79 Å². The maximum absolute atomic E-state index is 12.7. The van der Waals surface area contributed by atoms with Gasteiger partial charge in [-0.15, -0.1) is 0 Å². The first-order valence-corrected chi connectivity index (χ1v) is 9.50. The van der Waals surface area contributed by atoms with Crippen LogP contribution >= 0.6 is 0 Å². The maximum atomic E-state index is 12.7. The maximum Gasteiger partial charge on any atom is 0.274 e. The van der Waals surface area contributed by atoms with Gasteiger partial charge in [0.05, 0.1) is 37.9 Å². The molecular weight excluding hydrogens is 354 g/mol. The van der Waals surface area contributed by atoms with Gasteiger partial charge in [0.1, 0.15) is 11.4 Å². The van der Waals surface area contributed by atoms with Gasteiger partial charge in [-0.05, 0) is 37.0 Å². The van der Waals surface area contributed by atoms with E-state index in [0.717, 1.165) is 42.8 Å². The van der Waals surface area contributed by atoms with E-state index >= 15 is 0 Å². The summed E-state index contributed by atoms with van der Waals surface area (Å²) in [6, 6.07) is 7.89. The first kappa shape index (κ1) is 18.2. The minimum absolute atomic E-state index is 0.0420. The van der Waals surface area contributed by atoms with E-state index in [-0.39, 0.29) is 5.91 Å². The van der Waals surface area contributed by atoms with E-state index in [1.807, 2.05) is 40.0 Å². The second-order valence-corrected chi connectivity index (χ2v) is 6.92. The highest BCUT2D eigenvalue weighted by molar-refractivity contribution is 5.92. The number of hydrogen-bond donors (Lipinski definition) is 0. The van der Waals surface area contributed by atoms with Crippen LogP contribution in [0.25, 0.3) is 11.3 Å². The third-order valence-corrected chi connectivity index (χ3v) is 4.93. The van der Waals surface area contributed by atoms with E-state index in [1.54, 1.807) is 25.7 Å². The zero-order valence-corrected chi connectivity index (χ0v) is 15.9. The van der Waals surface area contributed by atoms with Crippen LogP contribution in [0.1, 0.15) is 35.3 Å². The fraction of sp³-hybridized carbons (Fsp3) is 0.333. The number of carbonyl (C=O) groups excluding carboxylic acids is 1. The predicted molar refractivity (Wildman–Crippen MR) is 105 cm³/mol. The van der Waals surface area contributed by atoms with Crippen molar-refractivity contribution in [1.29, 1.82) is 0 Å². The van der Waals surface area contributed by atoms with Gasteiger partial charge in [-0.2, -0.15) is 5.10 Å². The number of ether oxygens (including phenoxy) is 1. The molecule has 3 aromatic rings. The lowest BCUT2D eigenvalue weighted by molar-refractivity contribution is 0.0718. The number of methoxy groups -OCH3 is 1. The van der Waals surface area contributed by atoms with Crippen LogP contribution in [0.2, 0.25) is 0 Å². The Morgan fingerprint density at radius 3 is 2.61 bits per heavy atom. The third-order valence-electron chi connectivity index (χ3n) is 4.93. The SMILES string of the molecule is COc1ccc(Cn2cc(-c3cncc(C(=O)N4CCCCC4)n3)cn2)cc1. The average molecular weight is 377 g/mol. The molecule has 1 aromatic carbocycles. The topological polar surface area (TPSA) is 73.1 Å². The molecule has 28 heavy (non-hydrogen) atoms. The molecular formula is C21H23N5O2. The number of amides is 1. The average Bonchev–Trinajstić information content (AvgIpc) is 3.23. The highest BCUT2D eigenvalue weighted by Gasteiger charge is 2.20. The molecule has 0 radical (unpaired) electrons. The number of likely N-dealkylation sites (tertiary alicyclic amines) is 1. The van der Waals surface area contributed by atoms with Gasteiger partial charge in [0.15, 0.2) is 0 Å². The molecule has 0 unspecified atom stereocenters. The lowest BCUT2D eigenvalue weighted by Crippen LogP contribution is -2.36. The Morgan fingerprint density at radius 1 is 1.07 bits per heavy atom. The van der Waals surface area contributed by atoms with Gasteiger partial charge in [-0.1, -0.05) is 12.1 Å². The van der Waals surface area contributed by atoms with Crippen LogP contribution in [-0.4, -0.2) is 50.8 Å². The van der Waals surface area contributed by atoms with Crippen molar-refractivity contribution in [2.45, 2.75) is 25.8 Å². The summed E-state index contributed by atoms with van der Waals surface area (Å²) in [7, 11) is 1.65. The molecule has 1 amide bonds. The first-order chi connectivity index (χ1) is 13.7. The molecule has 1 fully saturated rings. The minimum atomic E-state index is -0.0420. The van der Waals surface area contributed by atoms with Crippen molar-refractivity contribution < 1.29 is 9.53 Å². The van der Waals surface area contributed by atoms with Gasteiger partial charge in [0.25, 0.3) is 5.91 Å². The molecule has 4 rings (SSSR count). The zero-order valence-electron chi connectivity index (χ0n) is 15.9. The molecule has 7 nitrogen and oxygen atoms in total. The Bertz CT molecular complexity index is 945. The van der Waals surface area contributed by atoms with E-state index in [2.05, 4.69) is 15.1 Å². The number of aromatic nitrogens is 4. The largest absolute Gasteiger partial charge is 0.497 e. The van der Waals surface area contributed by atoms with Gasteiger partial charge < -0.3 is 9.64 Å². The fourth-order valence-electron chi connectivity index (χ4n) is 3.37. The van der Waals surface area contributed by atoms with Crippen LogP contribution in [0, 0.1) is 0 Å². The van der Waals surface area contributed by atoms with E-state index in [0.29, 0.717) is 17.9 Å². The molecule has 7 heteroatoms. The summed E-state index contributed by atoms with van der Waals surface area (Å²) in [5.74, 6) is 0.787. The summed E-state index contributed by atoms with van der Waals surface area (Å²) in [5, 5.41) is 4.42. The van der Waals surface area contributed by atoms with Gasteiger partial charge in [0, 0.05) is 24.8 Å². The molecule has 0 saturated carbocycles. The number of hydrogen-bond acceptors (Lipinski definition) is 5. The number of nitrogens with zero attached hydrogens (tertiary/aromatic N) is 5. The van der Waals surface area contributed by atoms with E-state index in [4.69, 9.17) is 4.74 Å². The summed E-state index contributed by atoms with van der Waals surface area (Å²) in [6.45, 7) is 2.24.